The molecule has 4 N–H and O–H groups in total. The summed E-state index contributed by atoms with van der Waals surface area (Å²) in [5, 5.41) is 7.00. The number of hydrogen-bond donors (Lipinski definition) is 3. The zero-order chi connectivity index (χ0) is 19.5. The number of H-pyrrole nitrogens is 1. The lowest BCUT2D eigenvalue weighted by molar-refractivity contribution is -0.127. The fourth-order valence-electron chi connectivity index (χ4n) is 3.60. The molecule has 0 aromatic carbocycles. The molecule has 9 nitrogen and oxygen atoms in total. The van der Waals surface area contributed by atoms with Gasteiger partial charge in [-0.25, -0.2) is 4.98 Å². The van der Waals surface area contributed by atoms with Gasteiger partial charge in [0.05, 0.1) is 24.6 Å². The van der Waals surface area contributed by atoms with E-state index in [0.717, 1.165) is 20.0 Å². The monoisotopic (exact) mass is 367 g/mol. The number of aromatic nitrogens is 4. The molecular formula is C17H29N5O4. The van der Waals surface area contributed by atoms with E-state index in [4.69, 9.17) is 20.3 Å². The first-order valence-corrected chi connectivity index (χ1v) is 8.89. The second-order valence-corrected chi connectivity index (χ2v) is 6.68. The summed E-state index contributed by atoms with van der Waals surface area (Å²) < 4.78 is 13.7. The zero-order valence-electron chi connectivity index (χ0n) is 16.0. The first kappa shape index (κ1) is 20.3. The van der Waals surface area contributed by atoms with E-state index in [1.54, 1.807) is 10.9 Å². The Labute approximate surface area is 152 Å². The fraction of sp³-hybridized carbons (Fsp3) is 0.706. The van der Waals surface area contributed by atoms with E-state index in [2.05, 4.69) is 28.8 Å². The summed E-state index contributed by atoms with van der Waals surface area (Å²) in [6, 6.07) is 0. The van der Waals surface area contributed by atoms with Crippen molar-refractivity contribution in [2.75, 3.05) is 19.5 Å². The Morgan fingerprint density at radius 2 is 2.08 bits per heavy atom. The number of aliphatic hydroxyl groups is 1. The van der Waals surface area contributed by atoms with Crippen molar-refractivity contribution in [1.82, 2.24) is 19.5 Å². The Morgan fingerprint density at radius 1 is 1.38 bits per heavy atom. The number of aromatic amines is 1. The van der Waals surface area contributed by atoms with Gasteiger partial charge in [-0.3, -0.25) is 14.3 Å². The maximum Gasteiger partial charge on any atom is 0.280 e. The van der Waals surface area contributed by atoms with Crippen LogP contribution >= 0.6 is 0 Å². The molecule has 0 amide bonds. The molecule has 2 aromatic heterocycles. The van der Waals surface area contributed by atoms with Crippen LogP contribution in [0, 0.1) is 5.92 Å². The van der Waals surface area contributed by atoms with E-state index in [1.165, 1.54) is 0 Å². The van der Waals surface area contributed by atoms with Gasteiger partial charge in [0, 0.05) is 7.11 Å². The highest BCUT2D eigenvalue weighted by molar-refractivity contribution is 5.70. The van der Waals surface area contributed by atoms with Crippen molar-refractivity contribution in [2.45, 2.75) is 58.5 Å². The highest BCUT2D eigenvalue weighted by atomic mass is 16.6. The van der Waals surface area contributed by atoms with Crippen molar-refractivity contribution >= 4 is 17.1 Å². The quantitative estimate of drug-likeness (QED) is 0.695. The second-order valence-electron chi connectivity index (χ2n) is 6.68. The van der Waals surface area contributed by atoms with Gasteiger partial charge in [0.25, 0.3) is 5.56 Å². The highest BCUT2D eigenvalue weighted by Gasteiger charge is 2.44. The third kappa shape index (κ3) is 3.89. The number of hydrogen-bond acceptors (Lipinski definition) is 7. The predicted octanol–water partition coefficient (Wildman–Crippen LogP) is 1.44. The van der Waals surface area contributed by atoms with Gasteiger partial charge in [-0.1, -0.05) is 13.8 Å². The third-order valence-electron chi connectivity index (χ3n) is 4.47. The molecule has 2 fully saturated rings. The smallest absolute Gasteiger partial charge is 0.280 e. The van der Waals surface area contributed by atoms with E-state index in [0.29, 0.717) is 18.2 Å². The molecule has 4 heterocycles. The minimum atomic E-state index is -0.333. The van der Waals surface area contributed by atoms with Crippen molar-refractivity contribution in [2.24, 2.45) is 5.92 Å². The van der Waals surface area contributed by atoms with Gasteiger partial charge in [0.15, 0.2) is 11.2 Å². The second kappa shape index (κ2) is 8.15. The van der Waals surface area contributed by atoms with Crippen LogP contribution in [-0.2, 0) is 9.47 Å². The van der Waals surface area contributed by atoms with Crippen LogP contribution in [0.5, 0.6) is 0 Å². The molecule has 146 valence electrons. The highest BCUT2D eigenvalue weighted by Crippen LogP contribution is 2.42. The number of nitrogens with zero attached hydrogens (tertiary/aromatic N) is 3. The van der Waals surface area contributed by atoms with E-state index in [-0.39, 0.29) is 35.0 Å². The summed E-state index contributed by atoms with van der Waals surface area (Å²) >= 11 is 0. The average Bonchev–Trinajstić information content (AvgIpc) is 3.17. The summed E-state index contributed by atoms with van der Waals surface area (Å²) in [7, 11) is 1.00. The standard InChI is InChI=1S/C14H19N5O3.C2H6.CH4O/c1-14(2)4-7-3-9(21-5-8(7)22-14)19-6-16-10-11(19)17-13(15)18-12(10)20;2*1-2/h6-9H,3-5H2,1-2H3,(H3,15,17,18,20);1-2H3;2H,1H3. The fourth-order valence-corrected chi connectivity index (χ4v) is 3.60. The molecule has 26 heavy (non-hydrogen) atoms. The van der Waals surface area contributed by atoms with Crippen LogP contribution in [0.25, 0.3) is 11.2 Å². The van der Waals surface area contributed by atoms with Gasteiger partial charge in [0.2, 0.25) is 5.95 Å². The number of fused-ring (bicyclic) bond motifs is 2. The number of imidazole rings is 1. The molecular weight excluding hydrogens is 338 g/mol. The van der Waals surface area contributed by atoms with Gasteiger partial charge in [0.1, 0.15) is 6.23 Å². The lowest BCUT2D eigenvalue weighted by Gasteiger charge is -2.31. The van der Waals surface area contributed by atoms with Crippen molar-refractivity contribution in [3.05, 3.63) is 16.7 Å². The molecule has 2 saturated heterocycles. The predicted molar refractivity (Wildman–Crippen MR) is 98.7 cm³/mol. The molecule has 9 heteroatoms. The maximum atomic E-state index is 11.9. The van der Waals surface area contributed by atoms with Gasteiger partial charge in [-0.2, -0.15) is 4.98 Å². The molecule has 2 aliphatic heterocycles. The van der Waals surface area contributed by atoms with Crippen LogP contribution in [0.2, 0.25) is 0 Å². The largest absolute Gasteiger partial charge is 0.400 e. The number of aliphatic hydroxyl groups excluding tert-OH is 1. The van der Waals surface area contributed by atoms with Gasteiger partial charge < -0.3 is 20.3 Å². The van der Waals surface area contributed by atoms with Crippen LogP contribution in [0.4, 0.5) is 5.95 Å². The van der Waals surface area contributed by atoms with Crippen molar-refractivity contribution in [3.63, 3.8) is 0 Å². The Bertz CT molecular complexity index is 785. The zero-order valence-corrected chi connectivity index (χ0v) is 16.0. The molecule has 0 spiro atoms. The number of nitrogens with two attached hydrogens (primary N) is 1. The van der Waals surface area contributed by atoms with Crippen molar-refractivity contribution in [3.8, 4) is 0 Å². The Balaban J connectivity index is 0.000000570. The van der Waals surface area contributed by atoms with E-state index in [1.807, 2.05) is 13.8 Å². The molecule has 3 atom stereocenters. The molecule has 0 radical (unpaired) electrons. The summed E-state index contributed by atoms with van der Waals surface area (Å²) in [4.78, 5) is 22.6. The van der Waals surface area contributed by atoms with Crippen molar-refractivity contribution < 1.29 is 14.6 Å². The molecule has 0 saturated carbocycles. The molecule has 0 aliphatic carbocycles. The number of rotatable bonds is 1. The third-order valence-corrected chi connectivity index (χ3v) is 4.47. The molecule has 2 aliphatic rings. The average molecular weight is 367 g/mol. The minimum Gasteiger partial charge on any atom is -0.400 e. The van der Waals surface area contributed by atoms with E-state index < -0.39 is 0 Å². The van der Waals surface area contributed by atoms with Gasteiger partial charge in [-0.15, -0.1) is 0 Å². The van der Waals surface area contributed by atoms with Crippen LogP contribution in [0.15, 0.2) is 11.1 Å². The van der Waals surface area contributed by atoms with Gasteiger partial charge in [-0.05, 0) is 32.6 Å². The van der Waals surface area contributed by atoms with Crippen molar-refractivity contribution in [1.29, 1.82) is 0 Å². The summed E-state index contributed by atoms with van der Waals surface area (Å²) in [5.41, 5.74) is 5.94. The van der Waals surface area contributed by atoms with Crippen LogP contribution in [0.3, 0.4) is 0 Å². The minimum absolute atomic E-state index is 0.0817. The molecule has 4 rings (SSSR count). The van der Waals surface area contributed by atoms with Gasteiger partial charge >= 0.3 is 0 Å². The Kier molecular flexibility index (Phi) is 6.38. The van der Waals surface area contributed by atoms with Crippen LogP contribution in [0.1, 0.15) is 46.8 Å². The number of anilines is 1. The summed E-state index contributed by atoms with van der Waals surface area (Å²) in [6.07, 6.45) is 3.35. The Hall–Kier alpha value is -1.97. The first-order valence-electron chi connectivity index (χ1n) is 8.89. The topological polar surface area (TPSA) is 128 Å². The normalized spacial score (nSPS) is 26.3. The Morgan fingerprint density at radius 3 is 2.77 bits per heavy atom. The SMILES string of the molecule is CC.CC1(C)CC2CC(n3cnc4c(=O)[nH]c(N)nc43)OCC2O1.CO. The first-order chi connectivity index (χ1) is 12.4. The number of ether oxygens (including phenoxy) is 2. The number of nitrogens with one attached hydrogen (secondary N) is 1. The maximum absolute atomic E-state index is 11.9. The lowest BCUT2D eigenvalue weighted by atomic mass is 9.89. The van der Waals surface area contributed by atoms with Crippen LogP contribution in [-0.4, -0.2) is 50.0 Å². The number of nitrogen functional groups attached to an aromatic ring is 1. The lowest BCUT2D eigenvalue weighted by Crippen LogP contribution is -2.33. The summed E-state index contributed by atoms with van der Waals surface area (Å²) in [6.45, 7) is 8.75. The summed E-state index contributed by atoms with van der Waals surface area (Å²) in [5.74, 6) is 0.517. The molecule has 0 bridgehead atoms. The van der Waals surface area contributed by atoms with E-state index >= 15 is 0 Å². The van der Waals surface area contributed by atoms with Crippen LogP contribution < -0.4 is 11.3 Å². The molecule has 2 aromatic rings. The molecule has 3 unspecified atom stereocenters. The van der Waals surface area contributed by atoms with E-state index in [9.17, 15) is 4.79 Å².